The van der Waals surface area contributed by atoms with Crippen LogP contribution in [-0.4, -0.2) is 41.0 Å². The van der Waals surface area contributed by atoms with Crippen LogP contribution in [0.15, 0.2) is 29.9 Å². The number of fused-ring (bicyclic) bond motifs is 1. The van der Waals surface area contributed by atoms with Gasteiger partial charge in [0.1, 0.15) is 11.3 Å². The molecule has 160 valence electrons. The van der Waals surface area contributed by atoms with Gasteiger partial charge in [-0.05, 0) is 36.0 Å². The second kappa shape index (κ2) is 8.45. The number of primary amides is 1. The number of benzene rings is 1. The Hall–Kier alpha value is -3.29. The molecule has 4 rings (SSSR count). The highest BCUT2D eigenvalue weighted by Gasteiger charge is 2.31. The van der Waals surface area contributed by atoms with Gasteiger partial charge in [0.05, 0.1) is 24.6 Å². The summed E-state index contributed by atoms with van der Waals surface area (Å²) in [5, 5.41) is 27.2. The molecular weight excluding hydrogens is 397 g/mol. The lowest BCUT2D eigenvalue weighted by atomic mass is 9.70. The minimum atomic E-state index is -0.964. The molecule has 10 heteroatoms. The first-order chi connectivity index (χ1) is 14.9. The first-order valence-corrected chi connectivity index (χ1v) is 10.2. The van der Waals surface area contributed by atoms with Crippen LogP contribution in [0.1, 0.15) is 42.2 Å². The number of ether oxygens (including phenoxy) is 1. The third-order valence-corrected chi connectivity index (χ3v) is 5.61. The molecule has 2 aliphatic heterocycles. The van der Waals surface area contributed by atoms with Gasteiger partial charge < -0.3 is 25.5 Å². The fourth-order valence-electron chi connectivity index (χ4n) is 3.84. The maximum atomic E-state index is 12.0. The molecule has 0 saturated carbocycles. The fourth-order valence-corrected chi connectivity index (χ4v) is 3.84. The fraction of sp³-hybridized carbons (Fsp3) is 0.381. The van der Waals surface area contributed by atoms with E-state index >= 15 is 0 Å². The Kier molecular flexibility index (Phi) is 5.72. The molecule has 0 spiro atoms. The Morgan fingerprint density at radius 3 is 3.00 bits per heavy atom. The first kappa shape index (κ1) is 21.0. The van der Waals surface area contributed by atoms with Crippen LogP contribution in [0.4, 0.5) is 11.5 Å². The summed E-state index contributed by atoms with van der Waals surface area (Å²) < 4.78 is 12.7. The molecule has 2 atom stereocenters. The normalized spacial score (nSPS) is 20.5. The standard InChI is InChI=1S/C21H24BN5O4/c1-12(2)17-8-14-7-15(3-4-19(14)31-22(17)29)25-21-16(20(24)28)10-27(26-21)18-11-30-6-5-13(18)9-23/h3-4,7-8,10,12-13,18,29H,5-6,11H2,1-2H3,(H2,24,28)(H,25,26)/t13-,18?/m1/s1. The summed E-state index contributed by atoms with van der Waals surface area (Å²) >= 11 is 0. The number of aromatic nitrogens is 2. The molecule has 3 heterocycles. The summed E-state index contributed by atoms with van der Waals surface area (Å²) in [4.78, 5) is 12.0. The lowest BCUT2D eigenvalue weighted by molar-refractivity contribution is 0.0342. The molecule has 1 amide bonds. The molecule has 31 heavy (non-hydrogen) atoms. The molecule has 1 unspecified atom stereocenters. The van der Waals surface area contributed by atoms with Crippen molar-refractivity contribution in [2.24, 2.45) is 17.6 Å². The highest BCUT2D eigenvalue weighted by molar-refractivity contribution is 6.55. The molecule has 9 nitrogen and oxygen atoms in total. The van der Waals surface area contributed by atoms with Crippen LogP contribution in [0, 0.1) is 23.2 Å². The maximum Gasteiger partial charge on any atom is 0.556 e. The average Bonchev–Trinajstić information content (AvgIpc) is 3.17. The van der Waals surface area contributed by atoms with Crippen molar-refractivity contribution in [3.63, 3.8) is 0 Å². The zero-order valence-corrected chi connectivity index (χ0v) is 17.4. The number of hydrogen-bond donors (Lipinski definition) is 3. The Balaban J connectivity index is 1.65. The Morgan fingerprint density at radius 1 is 1.48 bits per heavy atom. The molecular formula is C21H24BN5O4. The number of allylic oxidation sites excluding steroid dienone is 1. The predicted octanol–water partition coefficient (Wildman–Crippen LogP) is 2.28. The van der Waals surface area contributed by atoms with E-state index in [1.165, 1.54) is 0 Å². The van der Waals surface area contributed by atoms with Crippen LogP contribution in [0.2, 0.25) is 0 Å². The van der Waals surface area contributed by atoms with E-state index in [0.29, 0.717) is 36.9 Å². The van der Waals surface area contributed by atoms with Crippen LogP contribution in [0.5, 0.6) is 5.75 Å². The summed E-state index contributed by atoms with van der Waals surface area (Å²) in [6.07, 6.45) is 4.07. The van der Waals surface area contributed by atoms with Crippen LogP contribution in [-0.2, 0) is 4.74 Å². The summed E-state index contributed by atoms with van der Waals surface area (Å²) in [5.74, 6) is 0.126. The number of amides is 1. The highest BCUT2D eigenvalue weighted by Crippen LogP contribution is 2.34. The topological polar surface area (TPSA) is 135 Å². The monoisotopic (exact) mass is 421 g/mol. The van der Waals surface area contributed by atoms with Crippen molar-refractivity contribution in [2.75, 3.05) is 18.5 Å². The Bertz CT molecular complexity index is 1070. The number of hydrogen-bond acceptors (Lipinski definition) is 7. The molecule has 4 N–H and O–H groups in total. The third kappa shape index (κ3) is 4.15. The van der Waals surface area contributed by atoms with Crippen molar-refractivity contribution < 1.29 is 19.2 Å². The largest absolute Gasteiger partial charge is 0.556 e. The molecule has 2 aromatic rings. The first-order valence-electron chi connectivity index (χ1n) is 10.2. The van der Waals surface area contributed by atoms with Crippen molar-refractivity contribution in [3.8, 4) is 11.8 Å². The smallest absolute Gasteiger partial charge is 0.532 e. The van der Waals surface area contributed by atoms with Gasteiger partial charge in [-0.3, -0.25) is 9.48 Å². The van der Waals surface area contributed by atoms with Crippen LogP contribution in [0.25, 0.3) is 6.08 Å². The van der Waals surface area contributed by atoms with E-state index in [-0.39, 0.29) is 23.4 Å². The highest BCUT2D eigenvalue weighted by atomic mass is 16.5. The molecule has 0 bridgehead atoms. The predicted molar refractivity (Wildman–Crippen MR) is 115 cm³/mol. The van der Waals surface area contributed by atoms with Crippen LogP contribution < -0.4 is 15.7 Å². The second-order valence-electron chi connectivity index (χ2n) is 8.05. The lowest BCUT2D eigenvalue weighted by Gasteiger charge is -2.27. The molecule has 1 fully saturated rings. The van der Waals surface area contributed by atoms with Gasteiger partial charge in [0.25, 0.3) is 5.91 Å². The zero-order chi connectivity index (χ0) is 22.1. The summed E-state index contributed by atoms with van der Waals surface area (Å²) in [7, 11) is -0.964. The van der Waals surface area contributed by atoms with E-state index in [1.54, 1.807) is 23.0 Å². The number of nitrogens with one attached hydrogen (secondary N) is 1. The SMILES string of the molecule is CC(C)C1=Cc2cc(Nc3nn(C4COCC[C@@H]4C#N)cc3C(N)=O)ccc2OB1O. The van der Waals surface area contributed by atoms with Crippen molar-refractivity contribution in [3.05, 3.63) is 41.0 Å². The van der Waals surface area contributed by atoms with Gasteiger partial charge in [-0.15, -0.1) is 0 Å². The van der Waals surface area contributed by atoms with Crippen molar-refractivity contribution in [2.45, 2.75) is 26.3 Å². The average molecular weight is 421 g/mol. The Morgan fingerprint density at radius 2 is 2.29 bits per heavy atom. The minimum absolute atomic E-state index is 0.128. The molecule has 0 aliphatic carbocycles. The van der Waals surface area contributed by atoms with E-state index < -0.39 is 13.0 Å². The molecule has 1 aromatic carbocycles. The van der Waals surface area contributed by atoms with Crippen LogP contribution in [0.3, 0.4) is 0 Å². The number of anilines is 2. The van der Waals surface area contributed by atoms with Crippen LogP contribution >= 0.6 is 0 Å². The number of rotatable bonds is 5. The van der Waals surface area contributed by atoms with Crippen molar-refractivity contribution in [1.82, 2.24) is 9.78 Å². The van der Waals surface area contributed by atoms with Crippen molar-refractivity contribution >= 4 is 30.6 Å². The molecule has 0 radical (unpaired) electrons. The Labute approximate surface area is 180 Å². The van der Waals surface area contributed by atoms with E-state index in [1.807, 2.05) is 26.0 Å². The summed E-state index contributed by atoms with van der Waals surface area (Å²) in [6.45, 7) is 4.85. The van der Waals surface area contributed by atoms with E-state index in [2.05, 4.69) is 16.5 Å². The van der Waals surface area contributed by atoms with Gasteiger partial charge in [0.15, 0.2) is 5.82 Å². The van der Waals surface area contributed by atoms with Gasteiger partial charge >= 0.3 is 7.12 Å². The van der Waals surface area contributed by atoms with E-state index in [9.17, 15) is 15.1 Å². The molecule has 2 aliphatic rings. The number of nitriles is 1. The van der Waals surface area contributed by atoms with E-state index in [4.69, 9.17) is 15.1 Å². The quantitative estimate of drug-likeness (QED) is 0.631. The lowest BCUT2D eigenvalue weighted by Crippen LogP contribution is -2.30. The van der Waals surface area contributed by atoms with Gasteiger partial charge in [-0.1, -0.05) is 19.9 Å². The van der Waals surface area contributed by atoms with Crippen molar-refractivity contribution in [1.29, 1.82) is 5.26 Å². The zero-order valence-electron chi connectivity index (χ0n) is 17.4. The second-order valence-corrected chi connectivity index (χ2v) is 8.05. The number of carbonyl (C=O) groups excluding carboxylic acids is 1. The summed E-state index contributed by atoms with van der Waals surface area (Å²) in [5.41, 5.74) is 8.07. The minimum Gasteiger partial charge on any atom is -0.532 e. The third-order valence-electron chi connectivity index (χ3n) is 5.61. The van der Waals surface area contributed by atoms with Gasteiger partial charge in [-0.25, -0.2) is 0 Å². The maximum absolute atomic E-state index is 12.0. The molecule has 1 aromatic heterocycles. The number of nitrogens with zero attached hydrogens (tertiary/aromatic N) is 3. The van der Waals surface area contributed by atoms with Gasteiger partial charge in [-0.2, -0.15) is 10.4 Å². The van der Waals surface area contributed by atoms with E-state index in [0.717, 1.165) is 11.0 Å². The summed E-state index contributed by atoms with van der Waals surface area (Å²) in [6, 6.07) is 7.38. The number of nitrogens with two attached hydrogens (primary N) is 1. The van der Waals surface area contributed by atoms with Gasteiger partial charge in [0, 0.05) is 24.1 Å². The number of carbonyl (C=O) groups is 1. The molecule has 1 saturated heterocycles. The van der Waals surface area contributed by atoms with Gasteiger partial charge in [0.2, 0.25) is 0 Å².